The first kappa shape index (κ1) is 11.0. The highest BCUT2D eigenvalue weighted by Gasteiger charge is 2.23. The number of hydrogen-bond acceptors (Lipinski definition) is 4. The zero-order valence-electron chi connectivity index (χ0n) is 9.73. The van der Waals surface area contributed by atoms with Crippen molar-refractivity contribution in [2.45, 2.75) is 25.3 Å². The molecule has 4 heteroatoms. The number of benzene rings is 1. The zero-order chi connectivity index (χ0) is 11.7. The van der Waals surface area contributed by atoms with Crippen molar-refractivity contribution in [3.8, 4) is 0 Å². The lowest BCUT2D eigenvalue weighted by atomic mass is 10.1. The van der Waals surface area contributed by atoms with Crippen LogP contribution in [0.5, 0.6) is 0 Å². The van der Waals surface area contributed by atoms with Gasteiger partial charge in [-0.15, -0.1) is 0 Å². The lowest BCUT2D eigenvalue weighted by Gasteiger charge is -2.15. The summed E-state index contributed by atoms with van der Waals surface area (Å²) in [5.41, 5.74) is 7.16. The Balaban J connectivity index is 1.72. The lowest BCUT2D eigenvalue weighted by molar-refractivity contribution is 0.506. The van der Waals surface area contributed by atoms with Gasteiger partial charge in [0.2, 0.25) is 0 Å². The van der Waals surface area contributed by atoms with E-state index in [9.17, 15) is 0 Å². The number of anilines is 1. The molecular formula is C13H17N3S. The van der Waals surface area contributed by atoms with Gasteiger partial charge in [0, 0.05) is 18.0 Å². The second-order valence-corrected chi connectivity index (χ2v) is 5.54. The Hall–Kier alpha value is -1.13. The number of nitrogens with two attached hydrogens (primary N) is 1. The number of rotatable bonds is 3. The first-order chi connectivity index (χ1) is 8.34. The van der Waals surface area contributed by atoms with Crippen LogP contribution in [0, 0.1) is 5.92 Å². The van der Waals surface area contributed by atoms with Gasteiger partial charge in [0.05, 0.1) is 5.52 Å². The summed E-state index contributed by atoms with van der Waals surface area (Å²) in [5.74, 6) is 0.621. The maximum atomic E-state index is 6.08. The van der Waals surface area contributed by atoms with E-state index in [1.807, 2.05) is 6.07 Å². The van der Waals surface area contributed by atoms with Crippen molar-refractivity contribution in [2.24, 2.45) is 11.7 Å². The molecule has 1 aromatic heterocycles. The standard InChI is InChI=1S/C13H17N3S/c14-11-6-3-4-9(11)8-15-13-10-5-1-2-7-12(10)16-17-13/h1-2,5,7,9,11,15H,3-4,6,8,14H2. The Labute approximate surface area is 105 Å². The molecule has 1 aromatic carbocycles. The van der Waals surface area contributed by atoms with Crippen molar-refractivity contribution in [1.29, 1.82) is 0 Å². The molecule has 90 valence electrons. The van der Waals surface area contributed by atoms with Gasteiger partial charge in [0.1, 0.15) is 5.00 Å². The molecule has 3 rings (SSSR count). The molecule has 1 aliphatic rings. The smallest absolute Gasteiger partial charge is 0.117 e. The summed E-state index contributed by atoms with van der Waals surface area (Å²) >= 11 is 1.55. The van der Waals surface area contributed by atoms with Crippen molar-refractivity contribution in [2.75, 3.05) is 11.9 Å². The first-order valence-electron chi connectivity index (χ1n) is 6.18. The molecule has 0 saturated heterocycles. The topological polar surface area (TPSA) is 50.9 Å². The molecule has 1 fully saturated rings. The van der Waals surface area contributed by atoms with Gasteiger partial charge < -0.3 is 11.1 Å². The van der Waals surface area contributed by atoms with Gasteiger partial charge in [-0.1, -0.05) is 18.6 Å². The van der Waals surface area contributed by atoms with E-state index in [4.69, 9.17) is 5.73 Å². The van der Waals surface area contributed by atoms with Crippen LogP contribution in [-0.2, 0) is 0 Å². The fraction of sp³-hybridized carbons (Fsp3) is 0.462. The number of hydrogen-bond donors (Lipinski definition) is 2. The molecule has 2 unspecified atom stereocenters. The SMILES string of the molecule is NC1CCCC1CNc1snc2ccccc12. The molecule has 0 amide bonds. The van der Waals surface area contributed by atoms with Crippen molar-refractivity contribution in [3.05, 3.63) is 24.3 Å². The highest BCUT2D eigenvalue weighted by molar-refractivity contribution is 7.11. The van der Waals surface area contributed by atoms with Gasteiger partial charge in [-0.05, 0) is 42.4 Å². The summed E-state index contributed by atoms with van der Waals surface area (Å²) in [4.78, 5) is 0. The average Bonchev–Trinajstić information content (AvgIpc) is 2.93. The third-order valence-electron chi connectivity index (χ3n) is 3.63. The van der Waals surface area contributed by atoms with E-state index in [1.54, 1.807) is 11.5 Å². The van der Waals surface area contributed by atoms with Crippen molar-refractivity contribution < 1.29 is 0 Å². The molecule has 0 aliphatic heterocycles. The quantitative estimate of drug-likeness (QED) is 0.877. The molecule has 3 N–H and O–H groups in total. The molecule has 1 aliphatic carbocycles. The molecule has 1 heterocycles. The fourth-order valence-electron chi connectivity index (χ4n) is 2.56. The summed E-state index contributed by atoms with van der Waals surface area (Å²) in [7, 11) is 0. The minimum atomic E-state index is 0.377. The predicted octanol–water partition coefficient (Wildman–Crippen LogP) is 2.84. The maximum Gasteiger partial charge on any atom is 0.117 e. The Bertz CT molecular complexity index is 508. The van der Waals surface area contributed by atoms with E-state index in [1.165, 1.54) is 29.6 Å². The second-order valence-electron chi connectivity index (χ2n) is 4.76. The minimum absolute atomic E-state index is 0.377. The molecule has 2 aromatic rings. The van der Waals surface area contributed by atoms with Crippen LogP contribution in [-0.4, -0.2) is 17.0 Å². The van der Waals surface area contributed by atoms with Crippen LogP contribution in [0.3, 0.4) is 0 Å². The van der Waals surface area contributed by atoms with Crippen LogP contribution >= 0.6 is 11.5 Å². The van der Waals surface area contributed by atoms with Gasteiger partial charge in [0.25, 0.3) is 0 Å². The van der Waals surface area contributed by atoms with Crippen molar-refractivity contribution >= 4 is 27.4 Å². The predicted molar refractivity (Wildman–Crippen MR) is 73.4 cm³/mol. The van der Waals surface area contributed by atoms with Crippen LogP contribution in [0.1, 0.15) is 19.3 Å². The van der Waals surface area contributed by atoms with E-state index < -0.39 is 0 Å². The molecule has 0 radical (unpaired) electrons. The van der Waals surface area contributed by atoms with E-state index in [0.717, 1.165) is 12.1 Å². The van der Waals surface area contributed by atoms with Crippen LogP contribution in [0.4, 0.5) is 5.00 Å². The Kier molecular flexibility index (Phi) is 2.99. The van der Waals surface area contributed by atoms with E-state index in [0.29, 0.717) is 12.0 Å². The van der Waals surface area contributed by atoms with Crippen LogP contribution in [0.15, 0.2) is 24.3 Å². The van der Waals surface area contributed by atoms with Crippen LogP contribution < -0.4 is 11.1 Å². The monoisotopic (exact) mass is 247 g/mol. The summed E-state index contributed by atoms with van der Waals surface area (Å²) in [5, 5.41) is 5.92. The third kappa shape index (κ3) is 2.15. The van der Waals surface area contributed by atoms with Gasteiger partial charge in [-0.25, -0.2) is 0 Å². The summed E-state index contributed by atoms with van der Waals surface area (Å²) in [6, 6.07) is 8.64. The zero-order valence-corrected chi connectivity index (χ0v) is 10.5. The first-order valence-corrected chi connectivity index (χ1v) is 6.96. The number of fused-ring (bicyclic) bond motifs is 1. The molecular weight excluding hydrogens is 230 g/mol. The molecule has 2 atom stereocenters. The second kappa shape index (κ2) is 4.63. The van der Waals surface area contributed by atoms with Gasteiger partial charge in [-0.3, -0.25) is 0 Å². The molecule has 0 bridgehead atoms. The highest BCUT2D eigenvalue weighted by atomic mass is 32.1. The summed E-state index contributed by atoms with van der Waals surface area (Å²) < 4.78 is 4.43. The Morgan fingerprint density at radius 3 is 3.06 bits per heavy atom. The van der Waals surface area contributed by atoms with Crippen LogP contribution in [0.25, 0.3) is 10.9 Å². The maximum absolute atomic E-state index is 6.08. The van der Waals surface area contributed by atoms with E-state index in [2.05, 4.69) is 27.9 Å². The molecule has 3 nitrogen and oxygen atoms in total. The Morgan fingerprint density at radius 1 is 1.35 bits per heavy atom. The summed E-state index contributed by atoms with van der Waals surface area (Å²) in [6.07, 6.45) is 3.71. The largest absolute Gasteiger partial charge is 0.375 e. The third-order valence-corrected chi connectivity index (χ3v) is 4.46. The lowest BCUT2D eigenvalue weighted by Crippen LogP contribution is -2.29. The molecule has 1 saturated carbocycles. The van der Waals surface area contributed by atoms with E-state index >= 15 is 0 Å². The van der Waals surface area contributed by atoms with Gasteiger partial charge >= 0.3 is 0 Å². The van der Waals surface area contributed by atoms with Gasteiger partial charge in [-0.2, -0.15) is 4.37 Å². The summed E-state index contributed by atoms with van der Waals surface area (Å²) in [6.45, 7) is 0.980. The van der Waals surface area contributed by atoms with E-state index in [-0.39, 0.29) is 0 Å². The van der Waals surface area contributed by atoms with Gasteiger partial charge in [0.15, 0.2) is 0 Å². The number of nitrogens with one attached hydrogen (secondary N) is 1. The van der Waals surface area contributed by atoms with Crippen molar-refractivity contribution in [3.63, 3.8) is 0 Å². The number of aromatic nitrogens is 1. The van der Waals surface area contributed by atoms with Crippen LogP contribution in [0.2, 0.25) is 0 Å². The Morgan fingerprint density at radius 2 is 2.24 bits per heavy atom. The number of nitrogens with zero attached hydrogens (tertiary/aromatic N) is 1. The minimum Gasteiger partial charge on any atom is -0.375 e. The van der Waals surface area contributed by atoms with Crippen molar-refractivity contribution in [1.82, 2.24) is 4.37 Å². The fourth-order valence-corrected chi connectivity index (χ4v) is 3.33. The molecule has 17 heavy (non-hydrogen) atoms. The molecule has 0 spiro atoms. The normalized spacial score (nSPS) is 24.3. The average molecular weight is 247 g/mol. The highest BCUT2D eigenvalue weighted by Crippen LogP contribution is 2.29.